The Morgan fingerprint density at radius 3 is 2.47 bits per heavy atom. The summed E-state index contributed by atoms with van der Waals surface area (Å²) in [5.74, 6) is 0.0928. The van der Waals surface area contributed by atoms with Gasteiger partial charge < -0.3 is 14.8 Å². The lowest BCUT2D eigenvalue weighted by Gasteiger charge is -2.06. The highest BCUT2D eigenvalue weighted by Gasteiger charge is 1.97. The van der Waals surface area contributed by atoms with Gasteiger partial charge in [0, 0.05) is 24.0 Å². The minimum Gasteiger partial charge on any atom is -0.379 e. The fourth-order valence-corrected chi connectivity index (χ4v) is 1.39. The van der Waals surface area contributed by atoms with Crippen molar-refractivity contribution in [2.45, 2.75) is 19.8 Å². The number of nitrogens with one attached hydrogen (secondary N) is 1. The van der Waals surface area contributed by atoms with Crippen molar-refractivity contribution in [3.8, 4) is 0 Å². The summed E-state index contributed by atoms with van der Waals surface area (Å²) in [6.45, 7) is 5.24. The van der Waals surface area contributed by atoms with Crippen LogP contribution in [0.2, 0.25) is 0 Å². The van der Waals surface area contributed by atoms with Gasteiger partial charge in [0.15, 0.2) is 0 Å². The summed E-state index contributed by atoms with van der Waals surface area (Å²) in [5.41, 5.74) is 0. The van der Waals surface area contributed by atoms with Gasteiger partial charge in [0.05, 0.1) is 19.8 Å². The monoisotopic (exact) mass is 329 g/mol. The van der Waals surface area contributed by atoms with Crippen LogP contribution in [0.5, 0.6) is 0 Å². The zero-order chi connectivity index (χ0) is 11.4. The summed E-state index contributed by atoms with van der Waals surface area (Å²) in [6.07, 6.45) is 1.62. The molecule has 0 aliphatic carbocycles. The predicted molar refractivity (Wildman–Crippen MR) is 68.4 cm³/mol. The minimum absolute atomic E-state index is 0.0928. The van der Waals surface area contributed by atoms with Gasteiger partial charge in [-0.2, -0.15) is 0 Å². The molecule has 1 N–H and O–H groups in total. The van der Waals surface area contributed by atoms with E-state index in [9.17, 15) is 4.79 Å². The maximum atomic E-state index is 11.0. The van der Waals surface area contributed by atoms with Crippen molar-refractivity contribution in [2.24, 2.45) is 0 Å². The first-order valence-electron chi connectivity index (χ1n) is 5.29. The zero-order valence-electron chi connectivity index (χ0n) is 9.26. The van der Waals surface area contributed by atoms with Gasteiger partial charge in [-0.05, 0) is 6.42 Å². The first-order chi connectivity index (χ1) is 7.31. The Morgan fingerprint density at radius 1 is 1.20 bits per heavy atom. The quantitative estimate of drug-likeness (QED) is 0.374. The van der Waals surface area contributed by atoms with Crippen LogP contribution in [-0.2, 0) is 14.3 Å². The van der Waals surface area contributed by atoms with E-state index in [0.29, 0.717) is 32.8 Å². The van der Waals surface area contributed by atoms with Gasteiger partial charge in [0.25, 0.3) is 0 Å². The molecule has 0 unspecified atom stereocenters. The van der Waals surface area contributed by atoms with Crippen molar-refractivity contribution in [2.75, 3.05) is 37.4 Å². The van der Waals surface area contributed by atoms with Gasteiger partial charge >= 0.3 is 0 Å². The number of rotatable bonds is 10. The molecule has 0 aliphatic heterocycles. The van der Waals surface area contributed by atoms with Crippen LogP contribution in [0.25, 0.3) is 0 Å². The second-order valence-corrected chi connectivity index (χ2v) is 4.09. The molecule has 0 fully saturated rings. The summed E-state index contributed by atoms with van der Waals surface area (Å²) < 4.78 is 11.4. The Hall–Kier alpha value is 0.120. The van der Waals surface area contributed by atoms with E-state index in [0.717, 1.165) is 17.5 Å². The Labute approximate surface area is 105 Å². The zero-order valence-corrected chi connectivity index (χ0v) is 11.4. The molecule has 0 rings (SSSR count). The average molecular weight is 329 g/mol. The van der Waals surface area contributed by atoms with E-state index in [4.69, 9.17) is 9.47 Å². The summed E-state index contributed by atoms with van der Waals surface area (Å²) in [7, 11) is 0. The van der Waals surface area contributed by atoms with Gasteiger partial charge in [-0.25, -0.2) is 0 Å². The normalized spacial score (nSPS) is 10.3. The Balaban J connectivity index is 3.01. The van der Waals surface area contributed by atoms with Crippen LogP contribution in [0.4, 0.5) is 0 Å². The molecule has 0 bridgehead atoms. The molecule has 0 aromatic heterocycles. The largest absolute Gasteiger partial charge is 0.379 e. The molecule has 0 radical (unpaired) electrons. The van der Waals surface area contributed by atoms with E-state index in [2.05, 4.69) is 34.8 Å². The number of hydrogen-bond donors (Lipinski definition) is 1. The molecule has 0 atom stereocenters. The van der Waals surface area contributed by atoms with Crippen LogP contribution in [-0.4, -0.2) is 43.3 Å². The lowest BCUT2D eigenvalue weighted by atomic mass is 10.4. The molecule has 0 heterocycles. The van der Waals surface area contributed by atoms with Gasteiger partial charge in [-0.15, -0.1) is 0 Å². The fraction of sp³-hybridized carbons (Fsp3) is 0.900. The summed E-state index contributed by atoms with van der Waals surface area (Å²) in [5, 5.41) is 2.78. The van der Waals surface area contributed by atoms with E-state index >= 15 is 0 Å². The number of carbonyl (C=O) groups excluding carboxylic acids is 1. The van der Waals surface area contributed by atoms with Crippen LogP contribution >= 0.6 is 22.6 Å². The van der Waals surface area contributed by atoms with E-state index in [1.54, 1.807) is 0 Å². The number of carbonyl (C=O) groups is 1. The SMILES string of the molecule is CCCOCCOCCNC(=O)CCI. The van der Waals surface area contributed by atoms with E-state index in [-0.39, 0.29) is 5.91 Å². The van der Waals surface area contributed by atoms with Crippen LogP contribution in [0.15, 0.2) is 0 Å². The molecule has 0 saturated heterocycles. The third-order valence-electron chi connectivity index (χ3n) is 1.61. The van der Waals surface area contributed by atoms with Crippen molar-refractivity contribution in [3.05, 3.63) is 0 Å². The second-order valence-electron chi connectivity index (χ2n) is 3.01. The highest BCUT2D eigenvalue weighted by atomic mass is 127. The molecule has 0 aliphatic rings. The summed E-state index contributed by atoms with van der Waals surface area (Å²) in [6, 6.07) is 0. The number of amides is 1. The van der Waals surface area contributed by atoms with Crippen LogP contribution in [0.3, 0.4) is 0 Å². The van der Waals surface area contributed by atoms with Crippen LogP contribution in [0, 0.1) is 0 Å². The molecule has 0 aromatic rings. The Kier molecular flexibility index (Phi) is 12.3. The number of ether oxygens (including phenoxy) is 2. The molecule has 4 nitrogen and oxygen atoms in total. The molecule has 90 valence electrons. The minimum atomic E-state index is 0.0928. The molecule has 0 spiro atoms. The molecule has 0 saturated carbocycles. The Morgan fingerprint density at radius 2 is 1.87 bits per heavy atom. The maximum Gasteiger partial charge on any atom is 0.220 e. The van der Waals surface area contributed by atoms with Crippen molar-refractivity contribution >= 4 is 28.5 Å². The molecule has 1 amide bonds. The summed E-state index contributed by atoms with van der Waals surface area (Å²) in [4.78, 5) is 11.0. The fourth-order valence-electron chi connectivity index (χ4n) is 0.903. The topological polar surface area (TPSA) is 47.6 Å². The molecular weight excluding hydrogens is 309 g/mol. The third kappa shape index (κ3) is 12.0. The number of hydrogen-bond acceptors (Lipinski definition) is 3. The van der Waals surface area contributed by atoms with Gasteiger partial charge in [-0.3, -0.25) is 4.79 Å². The van der Waals surface area contributed by atoms with E-state index < -0.39 is 0 Å². The van der Waals surface area contributed by atoms with Crippen molar-refractivity contribution in [1.82, 2.24) is 5.32 Å². The molecule has 15 heavy (non-hydrogen) atoms. The van der Waals surface area contributed by atoms with Gasteiger partial charge in [0.1, 0.15) is 0 Å². The molecule has 5 heteroatoms. The molecule has 0 aromatic carbocycles. The van der Waals surface area contributed by atoms with Gasteiger partial charge in [-0.1, -0.05) is 29.5 Å². The lowest BCUT2D eigenvalue weighted by Crippen LogP contribution is -2.27. The first-order valence-corrected chi connectivity index (χ1v) is 6.82. The molecular formula is C10H20INO3. The van der Waals surface area contributed by atoms with Gasteiger partial charge in [0.2, 0.25) is 5.91 Å². The number of halogens is 1. The summed E-state index contributed by atoms with van der Waals surface area (Å²) >= 11 is 2.18. The maximum absolute atomic E-state index is 11.0. The smallest absolute Gasteiger partial charge is 0.220 e. The van der Waals surface area contributed by atoms with E-state index in [1.807, 2.05) is 0 Å². The lowest BCUT2D eigenvalue weighted by molar-refractivity contribution is -0.120. The highest BCUT2D eigenvalue weighted by molar-refractivity contribution is 14.1. The van der Waals surface area contributed by atoms with Crippen LogP contribution < -0.4 is 5.32 Å². The van der Waals surface area contributed by atoms with Crippen LogP contribution in [0.1, 0.15) is 19.8 Å². The average Bonchev–Trinajstić information content (AvgIpc) is 2.22. The predicted octanol–water partition coefficient (Wildman–Crippen LogP) is 1.37. The van der Waals surface area contributed by atoms with Crippen molar-refractivity contribution in [1.29, 1.82) is 0 Å². The van der Waals surface area contributed by atoms with Crippen molar-refractivity contribution < 1.29 is 14.3 Å². The second kappa shape index (κ2) is 12.2. The standard InChI is InChI=1S/C10H20INO3/c1-2-6-14-8-9-15-7-5-12-10(13)3-4-11/h2-9H2,1H3,(H,12,13). The number of alkyl halides is 1. The first kappa shape index (κ1) is 15.1. The van der Waals surface area contributed by atoms with Crippen molar-refractivity contribution in [3.63, 3.8) is 0 Å². The Bertz CT molecular complexity index is 156. The third-order valence-corrected chi connectivity index (χ3v) is 2.15. The van der Waals surface area contributed by atoms with E-state index in [1.165, 1.54) is 0 Å². The highest BCUT2D eigenvalue weighted by Crippen LogP contribution is 1.87.